The maximum atomic E-state index is 14.0. The summed E-state index contributed by atoms with van der Waals surface area (Å²) < 4.78 is 10.8. The second-order valence-corrected chi connectivity index (χ2v) is 11.0. The number of para-hydroxylation sites is 1. The Hall–Kier alpha value is -4.77. The zero-order chi connectivity index (χ0) is 30.5. The van der Waals surface area contributed by atoms with Crippen molar-refractivity contribution < 1.29 is 23.5 Å². The predicted molar refractivity (Wildman–Crippen MR) is 164 cm³/mol. The van der Waals surface area contributed by atoms with Crippen molar-refractivity contribution in [1.82, 2.24) is 25.0 Å². The smallest absolute Gasteiger partial charge is 0.318 e. The van der Waals surface area contributed by atoms with E-state index in [2.05, 4.69) is 15.6 Å². The molecule has 4 amide bonds. The number of hydrogen-bond acceptors (Lipinski definition) is 6. The minimum Gasteiger partial charge on any atom is -0.495 e. The lowest BCUT2D eigenvalue weighted by Crippen LogP contribution is -2.57. The molecule has 2 aromatic carbocycles. The summed E-state index contributed by atoms with van der Waals surface area (Å²) in [6.07, 6.45) is 3.35. The number of carbonyl (C=O) groups excluding carboxylic acids is 3. The molecule has 11 heteroatoms. The van der Waals surface area contributed by atoms with Gasteiger partial charge in [0.1, 0.15) is 11.8 Å². The number of furan rings is 1. The Kier molecular flexibility index (Phi) is 9.01. The highest BCUT2D eigenvalue weighted by Crippen LogP contribution is 2.30. The summed E-state index contributed by atoms with van der Waals surface area (Å²) in [7, 11) is 5.51. The van der Waals surface area contributed by atoms with Gasteiger partial charge in [-0.05, 0) is 55.6 Å². The van der Waals surface area contributed by atoms with Gasteiger partial charge in [0.05, 0.1) is 19.1 Å². The molecule has 0 radical (unpaired) electrons. The first kappa shape index (κ1) is 29.7. The molecule has 43 heavy (non-hydrogen) atoms. The number of piperazine rings is 1. The number of rotatable bonds is 9. The summed E-state index contributed by atoms with van der Waals surface area (Å²) in [5.41, 5.74) is 3.40. The number of nitrogens with zero attached hydrogens (tertiary/aromatic N) is 3. The van der Waals surface area contributed by atoms with E-state index < -0.39 is 6.04 Å². The predicted octanol–water partition coefficient (Wildman–Crippen LogP) is 4.11. The van der Waals surface area contributed by atoms with Gasteiger partial charge in [0.2, 0.25) is 5.91 Å². The van der Waals surface area contributed by atoms with E-state index in [-0.39, 0.29) is 29.5 Å². The normalized spacial score (nSPS) is 14.9. The van der Waals surface area contributed by atoms with E-state index in [4.69, 9.17) is 9.15 Å². The van der Waals surface area contributed by atoms with E-state index in [0.717, 1.165) is 22.0 Å². The maximum absolute atomic E-state index is 14.0. The van der Waals surface area contributed by atoms with Crippen molar-refractivity contribution in [2.24, 2.45) is 0 Å². The lowest BCUT2D eigenvalue weighted by atomic mass is 9.92. The molecule has 5 rings (SSSR count). The molecule has 0 saturated carbocycles. The number of methoxy groups -OCH3 is 1. The summed E-state index contributed by atoms with van der Waals surface area (Å²) in [5.74, 6) is -0.151. The van der Waals surface area contributed by atoms with Crippen LogP contribution in [0.3, 0.4) is 0 Å². The zero-order valence-electron chi connectivity index (χ0n) is 24.9. The van der Waals surface area contributed by atoms with Crippen LogP contribution in [0.2, 0.25) is 0 Å². The van der Waals surface area contributed by atoms with Gasteiger partial charge >= 0.3 is 6.03 Å². The number of benzene rings is 2. The van der Waals surface area contributed by atoms with Gasteiger partial charge in [0, 0.05) is 55.7 Å². The standard InChI is InChI=1S/C32H38N6O5/c1-21(24-19-33-25-9-6-5-8-23(24)25)29(30(39)34-26-18-22(20-36(2)3)11-12-27(26)42-4)35-32(41)38-15-13-37(14-16-38)31(40)28-10-7-17-43-28/h5-12,17-19,21,29,33H,13-16,20H2,1-4H3,(H,34,39)(H,35,41)/t21-,29-/m1/s1. The van der Waals surface area contributed by atoms with Gasteiger partial charge in [-0.1, -0.05) is 31.2 Å². The zero-order valence-corrected chi connectivity index (χ0v) is 24.9. The quantitative estimate of drug-likeness (QED) is 0.271. The van der Waals surface area contributed by atoms with Gasteiger partial charge in [-0.3, -0.25) is 9.59 Å². The van der Waals surface area contributed by atoms with Gasteiger partial charge in [0.25, 0.3) is 5.91 Å². The fourth-order valence-electron chi connectivity index (χ4n) is 5.49. The van der Waals surface area contributed by atoms with Gasteiger partial charge in [-0.15, -0.1) is 0 Å². The van der Waals surface area contributed by atoms with Crippen LogP contribution in [0.1, 0.15) is 34.5 Å². The molecular formula is C32H38N6O5. The second-order valence-electron chi connectivity index (χ2n) is 11.0. The van der Waals surface area contributed by atoms with Crippen molar-refractivity contribution >= 4 is 34.4 Å². The van der Waals surface area contributed by atoms with Gasteiger partial charge in [0.15, 0.2) is 5.76 Å². The van der Waals surface area contributed by atoms with Crippen LogP contribution in [0.25, 0.3) is 10.9 Å². The molecule has 0 spiro atoms. The van der Waals surface area contributed by atoms with Crippen LogP contribution in [0.5, 0.6) is 5.75 Å². The van der Waals surface area contributed by atoms with Crippen LogP contribution < -0.4 is 15.4 Å². The van der Waals surface area contributed by atoms with Crippen molar-refractivity contribution in [3.05, 3.63) is 83.9 Å². The third kappa shape index (κ3) is 6.67. The van der Waals surface area contributed by atoms with E-state index in [9.17, 15) is 14.4 Å². The molecule has 2 aromatic heterocycles. The number of carbonyl (C=O) groups is 3. The third-order valence-corrected chi connectivity index (χ3v) is 7.78. The first-order valence-electron chi connectivity index (χ1n) is 14.3. The molecule has 4 aromatic rings. The first-order chi connectivity index (χ1) is 20.7. The van der Waals surface area contributed by atoms with Crippen molar-refractivity contribution in [3.63, 3.8) is 0 Å². The number of anilines is 1. The maximum Gasteiger partial charge on any atom is 0.318 e. The van der Waals surface area contributed by atoms with Gasteiger partial charge in [-0.2, -0.15) is 0 Å². The Balaban J connectivity index is 1.36. The molecule has 1 saturated heterocycles. The highest BCUT2D eigenvalue weighted by Gasteiger charge is 2.33. The summed E-state index contributed by atoms with van der Waals surface area (Å²) in [5, 5.41) is 7.01. The number of urea groups is 1. The lowest BCUT2D eigenvalue weighted by Gasteiger charge is -2.35. The molecule has 3 N–H and O–H groups in total. The molecule has 1 fully saturated rings. The number of aromatic amines is 1. The van der Waals surface area contributed by atoms with E-state index in [1.165, 1.54) is 6.26 Å². The molecule has 3 heterocycles. The van der Waals surface area contributed by atoms with Crippen molar-refractivity contribution in [1.29, 1.82) is 0 Å². The molecule has 0 unspecified atom stereocenters. The van der Waals surface area contributed by atoms with Crippen LogP contribution in [0, 0.1) is 0 Å². The van der Waals surface area contributed by atoms with Crippen LogP contribution in [0.4, 0.5) is 10.5 Å². The summed E-state index contributed by atoms with van der Waals surface area (Å²) in [6, 6.07) is 15.6. The number of ether oxygens (including phenoxy) is 1. The number of amides is 4. The number of aromatic nitrogens is 1. The summed E-state index contributed by atoms with van der Waals surface area (Å²) in [4.78, 5) is 48.9. The Morgan fingerprint density at radius 1 is 1.02 bits per heavy atom. The summed E-state index contributed by atoms with van der Waals surface area (Å²) >= 11 is 0. The van der Waals surface area contributed by atoms with E-state index in [1.54, 1.807) is 29.0 Å². The van der Waals surface area contributed by atoms with Crippen LogP contribution in [-0.4, -0.2) is 91.0 Å². The number of hydrogen-bond donors (Lipinski definition) is 3. The second kappa shape index (κ2) is 13.0. The number of fused-ring (bicyclic) bond motifs is 1. The van der Waals surface area contributed by atoms with Crippen molar-refractivity contribution in [2.75, 3.05) is 52.7 Å². The van der Waals surface area contributed by atoms with Crippen molar-refractivity contribution in [2.45, 2.75) is 25.4 Å². The molecule has 11 nitrogen and oxygen atoms in total. The average molecular weight is 587 g/mol. The molecule has 0 aliphatic carbocycles. The molecule has 1 aliphatic heterocycles. The molecule has 1 aliphatic rings. The molecule has 2 atom stereocenters. The minimum atomic E-state index is -0.906. The highest BCUT2D eigenvalue weighted by atomic mass is 16.5. The first-order valence-corrected chi connectivity index (χ1v) is 14.3. The Bertz CT molecular complexity index is 1570. The Morgan fingerprint density at radius 2 is 1.77 bits per heavy atom. The third-order valence-electron chi connectivity index (χ3n) is 7.78. The fraction of sp³-hybridized carbons (Fsp3) is 0.344. The number of H-pyrrole nitrogens is 1. The van der Waals surface area contributed by atoms with Crippen LogP contribution >= 0.6 is 0 Å². The Morgan fingerprint density at radius 3 is 2.47 bits per heavy atom. The van der Waals surface area contributed by atoms with E-state index in [0.29, 0.717) is 44.2 Å². The monoisotopic (exact) mass is 586 g/mol. The van der Waals surface area contributed by atoms with Crippen molar-refractivity contribution in [3.8, 4) is 5.75 Å². The van der Waals surface area contributed by atoms with Gasteiger partial charge in [-0.25, -0.2) is 4.79 Å². The minimum absolute atomic E-state index is 0.208. The topological polar surface area (TPSA) is 123 Å². The molecule has 0 bridgehead atoms. The highest BCUT2D eigenvalue weighted by molar-refractivity contribution is 5.99. The lowest BCUT2D eigenvalue weighted by molar-refractivity contribution is -0.118. The SMILES string of the molecule is COc1ccc(CN(C)C)cc1NC(=O)[C@H](NC(=O)N1CCN(C(=O)c2ccco2)CC1)[C@H](C)c1c[nH]c2ccccc12. The molecular weight excluding hydrogens is 548 g/mol. The number of nitrogens with one attached hydrogen (secondary N) is 3. The van der Waals surface area contributed by atoms with Gasteiger partial charge < -0.3 is 39.5 Å². The van der Waals surface area contributed by atoms with Crippen LogP contribution in [0.15, 0.2) is 71.5 Å². The van der Waals surface area contributed by atoms with E-state index in [1.807, 2.05) is 74.6 Å². The van der Waals surface area contributed by atoms with E-state index >= 15 is 0 Å². The average Bonchev–Trinajstić information content (AvgIpc) is 3.70. The van der Waals surface area contributed by atoms with Crippen LogP contribution in [-0.2, 0) is 11.3 Å². The summed E-state index contributed by atoms with van der Waals surface area (Å²) in [6.45, 7) is 3.99. The Labute approximate surface area is 250 Å². The largest absolute Gasteiger partial charge is 0.495 e. The fourth-order valence-corrected chi connectivity index (χ4v) is 5.49. The molecule has 226 valence electrons.